The largest absolute Gasteiger partial charge is 0.472 e. The quantitative estimate of drug-likeness (QED) is 0.0616. The van der Waals surface area contributed by atoms with E-state index in [1.54, 1.807) is 35.2 Å². The lowest BCUT2D eigenvalue weighted by Gasteiger charge is -2.26. The third-order valence-electron chi connectivity index (χ3n) is 14.7. The van der Waals surface area contributed by atoms with Gasteiger partial charge in [-0.1, -0.05) is 0 Å². The first-order valence-corrected chi connectivity index (χ1v) is 32.2. The van der Waals surface area contributed by atoms with E-state index in [4.69, 9.17) is 112 Å². The zero-order valence-corrected chi connectivity index (χ0v) is 54.1. The van der Waals surface area contributed by atoms with E-state index in [1.165, 1.54) is 63.6 Å². The molecule has 0 radical (unpaired) electrons. The first kappa shape index (κ1) is 76.9. The van der Waals surface area contributed by atoms with Crippen molar-refractivity contribution < 1.29 is 150 Å². The smallest absolute Gasteiger partial charge is 0.382 e. The zero-order chi connectivity index (χ0) is 63.4. The van der Waals surface area contributed by atoms with Crippen LogP contribution in [0.1, 0.15) is 41.5 Å². The van der Waals surface area contributed by atoms with Crippen LogP contribution in [0.15, 0.2) is 0 Å². The second-order valence-corrected chi connectivity index (χ2v) is 24.9. The van der Waals surface area contributed by atoms with Gasteiger partial charge in [0.1, 0.15) is 97.7 Å². The van der Waals surface area contributed by atoms with Gasteiger partial charge in [0, 0.05) is 71.1 Å². The van der Waals surface area contributed by atoms with Gasteiger partial charge in [0.05, 0.1) is 103 Å². The minimum atomic E-state index is -4.63. The Morgan fingerprint density at radius 3 is 0.929 bits per heavy atom. The molecule has 0 aromatic rings. The molecule has 0 amide bonds. The highest BCUT2D eigenvalue weighted by Crippen LogP contribution is 2.51. The van der Waals surface area contributed by atoms with Gasteiger partial charge in [0.2, 0.25) is 0 Å². The molecule has 6 aliphatic heterocycles. The van der Waals surface area contributed by atoms with Crippen LogP contribution in [0.4, 0.5) is 8.78 Å². The van der Waals surface area contributed by atoms with E-state index in [-0.39, 0.29) is 76.3 Å². The fourth-order valence-electron chi connectivity index (χ4n) is 10.7. The number of phosphoric ester groups is 3. The molecule has 6 aliphatic rings. The Morgan fingerprint density at radius 2 is 0.576 bits per heavy atom. The van der Waals surface area contributed by atoms with Gasteiger partial charge in [0.25, 0.3) is 0 Å². The van der Waals surface area contributed by atoms with Gasteiger partial charge < -0.3 is 99.9 Å². The Labute approximate surface area is 497 Å². The first-order chi connectivity index (χ1) is 40.2. The molecule has 85 heavy (non-hydrogen) atoms. The Morgan fingerprint density at radius 1 is 0.318 bits per heavy atom. The third kappa shape index (κ3) is 22.3. The molecule has 35 heteroatoms. The van der Waals surface area contributed by atoms with E-state index in [2.05, 4.69) is 0 Å². The van der Waals surface area contributed by atoms with Crippen molar-refractivity contribution in [3.63, 3.8) is 0 Å². The molecule has 504 valence electrons. The molecule has 27 atom stereocenters. The summed E-state index contributed by atoms with van der Waals surface area (Å²) in [5, 5.41) is 0. The van der Waals surface area contributed by atoms with Crippen LogP contribution in [0.2, 0.25) is 0 Å². The van der Waals surface area contributed by atoms with Crippen molar-refractivity contribution in [3.05, 3.63) is 0 Å². The van der Waals surface area contributed by atoms with Crippen LogP contribution in [0.5, 0.6) is 0 Å². The summed E-state index contributed by atoms with van der Waals surface area (Å²) in [6.07, 6.45) is -16.5. The van der Waals surface area contributed by atoms with Crippen LogP contribution >= 0.6 is 23.5 Å². The summed E-state index contributed by atoms with van der Waals surface area (Å²) in [5.41, 5.74) is 0. The van der Waals surface area contributed by atoms with Crippen molar-refractivity contribution in [1.29, 1.82) is 0 Å². The highest BCUT2D eigenvalue weighted by Gasteiger charge is 2.53. The SMILES string of the molecule is COCCO[C@H]1C(OC)[C@@H](COP(=O)(O)OC2[C@@H](COC)O[C@@H](C)[C@H]2OCCOC)O[C@H]1C.COC[C@H]1O[C@@H](C)[C@@H](F)C1OP(=O)(O)OC[C@H]1O[C@@H](C)[C@@H](F)C1OC.COC[C@H]1O[C@@H](C)[C@@H](OC)C1OP(=O)(O)OC[C@H]1O[C@@H](C)[C@@H](OC)C1OC. The predicted molar refractivity (Wildman–Crippen MR) is 291 cm³/mol. The summed E-state index contributed by atoms with van der Waals surface area (Å²) >= 11 is 0. The second kappa shape index (κ2) is 37.2. The van der Waals surface area contributed by atoms with Gasteiger partial charge in [-0.25, -0.2) is 22.5 Å². The van der Waals surface area contributed by atoms with Crippen molar-refractivity contribution >= 4 is 23.5 Å². The van der Waals surface area contributed by atoms with E-state index < -0.39 is 140 Å². The fourth-order valence-corrected chi connectivity index (χ4v) is 13.5. The Kier molecular flexibility index (Phi) is 33.7. The van der Waals surface area contributed by atoms with Gasteiger partial charge >= 0.3 is 23.5 Å². The van der Waals surface area contributed by atoms with Crippen LogP contribution in [-0.4, -0.2) is 298 Å². The molecule has 0 aromatic heterocycles. The van der Waals surface area contributed by atoms with E-state index in [9.17, 15) is 37.2 Å². The molecule has 0 aliphatic carbocycles. The number of methoxy groups -OCH3 is 10. The molecule has 6 heterocycles. The standard InChI is InChI=1S/C20H39O12P.C16H31O10P.C14H25F2O8P/c1-13-17(27-9-7-23-3)19(26-6)16(31-13)12-29-33(21,22)32-20-15(11-25-5)30-14(2)18(20)28-10-8-24-4;1-9-13(20-4)15(22-6)12(25-9)8-23-27(17,18)26-16-11(7-19-3)24-10(2)14(16)21-5;1-7-11(15)13(20-4)10(23-7)6-21-25(17,18)24-14-9(5-19-3)22-8(2)12(14)16/h13-20H,7-12H2,1-6H3,(H,21,22);9-16H,7-8H2,1-6H3,(H,17,18);7-14H,5-6H2,1-4H3,(H,17,18)/t13-,14-,15+,16+,17+,18+,19?,20?;9-,10-,11+,12+,13+,14+,15?,16?;7-,8-,9+,10+,11+,12+,13?,14?/m000/s1. The highest BCUT2D eigenvalue weighted by molar-refractivity contribution is 7.48. The minimum Gasteiger partial charge on any atom is -0.382 e. The van der Waals surface area contributed by atoms with Crippen molar-refractivity contribution in [1.82, 2.24) is 0 Å². The molecule has 6 saturated heterocycles. The monoisotopic (exact) mass is 1310 g/mol. The number of rotatable bonds is 34. The third-order valence-corrected chi connectivity index (χ3v) is 17.7. The lowest BCUT2D eigenvalue weighted by atomic mass is 10.1. The molecule has 30 nitrogen and oxygen atoms in total. The molecule has 0 aromatic carbocycles. The van der Waals surface area contributed by atoms with Crippen LogP contribution in [0, 0.1) is 0 Å². The molecule has 3 N–H and O–H groups in total. The number of hydrogen-bond donors (Lipinski definition) is 3. The van der Waals surface area contributed by atoms with Gasteiger partial charge in [-0.15, -0.1) is 0 Å². The Hall–Kier alpha value is -0.530. The van der Waals surface area contributed by atoms with Crippen LogP contribution in [0.3, 0.4) is 0 Å². The summed E-state index contributed by atoms with van der Waals surface area (Å²) in [5.74, 6) is 0. The fraction of sp³-hybridized carbons (Fsp3) is 1.00. The number of hydrogen-bond acceptors (Lipinski definition) is 27. The van der Waals surface area contributed by atoms with Crippen molar-refractivity contribution in [2.75, 3.05) is 137 Å². The summed E-state index contributed by atoms with van der Waals surface area (Å²) in [6, 6.07) is 0. The number of ether oxygens (including phenoxy) is 18. The molecule has 0 spiro atoms. The maximum atomic E-state index is 14.2. The molecular weight excluding hydrogens is 1210 g/mol. The summed E-state index contributed by atoms with van der Waals surface area (Å²) in [7, 11) is 1.41. The molecule has 6 rings (SSSR count). The molecule has 0 bridgehead atoms. The van der Waals surface area contributed by atoms with Crippen molar-refractivity contribution in [2.45, 2.75) is 188 Å². The maximum absolute atomic E-state index is 14.2. The number of phosphoric acid groups is 3. The Balaban J connectivity index is 0.000000276. The second-order valence-electron chi connectivity index (χ2n) is 20.7. The maximum Gasteiger partial charge on any atom is 0.472 e. The zero-order valence-electron chi connectivity index (χ0n) is 51.4. The lowest BCUT2D eigenvalue weighted by molar-refractivity contribution is -0.0663. The molecular formula is C50H95F2O30P3. The molecule has 9 unspecified atom stereocenters. The normalized spacial score (nSPS) is 40.3. The van der Waals surface area contributed by atoms with E-state index in [1.807, 2.05) is 13.8 Å². The summed E-state index contributed by atoms with van der Waals surface area (Å²) in [4.78, 5) is 30.5. The van der Waals surface area contributed by atoms with E-state index in [0.717, 1.165) is 0 Å². The average molecular weight is 1310 g/mol. The van der Waals surface area contributed by atoms with Crippen molar-refractivity contribution in [2.24, 2.45) is 0 Å². The lowest BCUT2D eigenvalue weighted by Crippen LogP contribution is -2.39. The van der Waals surface area contributed by atoms with Crippen LogP contribution in [0.25, 0.3) is 0 Å². The van der Waals surface area contributed by atoms with Gasteiger partial charge in [-0.3, -0.25) is 27.1 Å². The van der Waals surface area contributed by atoms with Crippen molar-refractivity contribution in [3.8, 4) is 0 Å². The van der Waals surface area contributed by atoms with E-state index >= 15 is 0 Å². The predicted octanol–water partition coefficient (Wildman–Crippen LogP) is 2.94. The van der Waals surface area contributed by atoms with E-state index in [0.29, 0.717) is 19.8 Å². The van der Waals surface area contributed by atoms with Crippen LogP contribution < -0.4 is 0 Å². The van der Waals surface area contributed by atoms with Crippen LogP contribution in [-0.2, 0) is 126 Å². The first-order valence-electron chi connectivity index (χ1n) is 27.7. The summed E-state index contributed by atoms with van der Waals surface area (Å²) < 4.78 is 194. The number of alkyl halides is 2. The minimum absolute atomic E-state index is 0.00599. The molecule has 0 saturated carbocycles. The molecule has 6 fully saturated rings. The number of halogens is 2. The topological polar surface area (TPSA) is 333 Å². The van der Waals surface area contributed by atoms with Gasteiger partial charge in [-0.2, -0.15) is 0 Å². The average Bonchev–Trinajstić information content (AvgIpc) is 2.77. The van der Waals surface area contributed by atoms with Gasteiger partial charge in [0.15, 0.2) is 12.3 Å². The highest BCUT2D eigenvalue weighted by atomic mass is 31.2. The summed E-state index contributed by atoms with van der Waals surface area (Å²) in [6.45, 7) is 11.2. The van der Waals surface area contributed by atoms with Gasteiger partial charge in [-0.05, 0) is 41.5 Å². The Bertz CT molecular complexity index is 2020.